The first-order valence-electron chi connectivity index (χ1n) is 9.82. The molecule has 0 aliphatic rings. The molecule has 0 radical (unpaired) electrons. The molecule has 29 heavy (non-hydrogen) atoms. The molecule has 0 spiro atoms. The minimum atomic E-state index is -0.372. The zero-order valence-electron chi connectivity index (χ0n) is 17.0. The van der Waals surface area contributed by atoms with Crippen molar-refractivity contribution in [2.75, 3.05) is 7.11 Å². The van der Waals surface area contributed by atoms with Gasteiger partial charge in [-0.05, 0) is 64.9 Å². The Morgan fingerprint density at radius 2 is 1.69 bits per heavy atom. The highest BCUT2D eigenvalue weighted by Gasteiger charge is 2.14. The molecule has 148 valence electrons. The van der Waals surface area contributed by atoms with Gasteiger partial charge in [0.15, 0.2) is 0 Å². The molecular weight excluding hydrogens is 361 g/mol. The Kier molecular flexibility index (Phi) is 6.61. The fourth-order valence-corrected chi connectivity index (χ4v) is 3.25. The predicted octanol–water partition coefficient (Wildman–Crippen LogP) is 6.97. The second-order valence-corrected chi connectivity index (χ2v) is 7.01. The van der Waals surface area contributed by atoms with E-state index in [9.17, 15) is 4.39 Å². The van der Waals surface area contributed by atoms with Crippen LogP contribution in [-0.4, -0.2) is 12.1 Å². The number of unbranched alkanes of at least 4 members (excludes halogenated alkanes) is 1. The summed E-state index contributed by atoms with van der Waals surface area (Å²) in [4.78, 5) is 4.26. The molecule has 3 aromatic rings. The van der Waals surface area contributed by atoms with Gasteiger partial charge in [0.25, 0.3) is 0 Å². The molecule has 2 nitrogen and oxygen atoms in total. The maximum atomic E-state index is 14.9. The molecular formula is C26H26FNO. The van der Waals surface area contributed by atoms with Gasteiger partial charge in [-0.25, -0.2) is 4.39 Å². The fraction of sp³-hybridized carbons (Fsp3) is 0.192. The topological polar surface area (TPSA) is 22.1 Å². The number of rotatable bonds is 8. The molecule has 0 fully saturated rings. The summed E-state index contributed by atoms with van der Waals surface area (Å²) in [6.07, 6.45) is 5.06. The lowest BCUT2D eigenvalue weighted by atomic mass is 9.93. The van der Waals surface area contributed by atoms with Gasteiger partial charge in [0.05, 0.1) is 7.11 Å². The minimum Gasteiger partial charge on any atom is -0.494 e. The fourth-order valence-electron chi connectivity index (χ4n) is 3.25. The van der Waals surface area contributed by atoms with E-state index in [4.69, 9.17) is 4.74 Å². The number of nitrogens with zero attached hydrogens (tertiary/aromatic N) is 1. The molecule has 0 bridgehead atoms. The first kappa shape index (κ1) is 20.5. The first-order valence-corrected chi connectivity index (χ1v) is 9.82. The number of aryl methyl sites for hydroxylation is 1. The maximum absolute atomic E-state index is 14.9. The van der Waals surface area contributed by atoms with Crippen LogP contribution in [0.1, 0.15) is 36.5 Å². The van der Waals surface area contributed by atoms with Crippen LogP contribution in [0.25, 0.3) is 22.4 Å². The SMILES string of the molecule is C=C(C(=C)c1ccc(-c2ncccc2OC)c(F)c1)c1ccc(CCCC)cc1. The van der Waals surface area contributed by atoms with Crippen molar-refractivity contribution >= 4 is 11.1 Å². The molecule has 1 aromatic heterocycles. The van der Waals surface area contributed by atoms with Gasteiger partial charge in [-0.15, -0.1) is 0 Å². The number of allylic oxidation sites excluding steroid dienone is 2. The third-order valence-corrected chi connectivity index (χ3v) is 5.05. The average molecular weight is 387 g/mol. The molecule has 2 aromatic carbocycles. The summed E-state index contributed by atoms with van der Waals surface area (Å²) >= 11 is 0. The lowest BCUT2D eigenvalue weighted by Crippen LogP contribution is -1.95. The predicted molar refractivity (Wildman–Crippen MR) is 119 cm³/mol. The summed E-state index contributed by atoms with van der Waals surface area (Å²) < 4.78 is 20.2. The van der Waals surface area contributed by atoms with Crippen LogP contribution >= 0.6 is 0 Å². The van der Waals surface area contributed by atoms with Gasteiger partial charge in [-0.3, -0.25) is 4.98 Å². The third kappa shape index (κ3) is 4.62. The Hall–Kier alpha value is -3.20. The molecule has 0 saturated carbocycles. The van der Waals surface area contributed by atoms with E-state index in [1.807, 2.05) is 6.07 Å². The van der Waals surface area contributed by atoms with Crippen LogP contribution in [0.3, 0.4) is 0 Å². The van der Waals surface area contributed by atoms with E-state index < -0.39 is 0 Å². The van der Waals surface area contributed by atoms with Gasteiger partial charge in [0, 0.05) is 11.8 Å². The largest absolute Gasteiger partial charge is 0.494 e. The monoisotopic (exact) mass is 387 g/mol. The van der Waals surface area contributed by atoms with E-state index in [2.05, 4.69) is 49.3 Å². The Morgan fingerprint density at radius 3 is 2.34 bits per heavy atom. The number of pyridine rings is 1. The van der Waals surface area contributed by atoms with Gasteiger partial charge in [-0.2, -0.15) is 0 Å². The molecule has 0 unspecified atom stereocenters. The third-order valence-electron chi connectivity index (χ3n) is 5.05. The smallest absolute Gasteiger partial charge is 0.145 e. The van der Waals surface area contributed by atoms with E-state index in [1.165, 1.54) is 24.5 Å². The second-order valence-electron chi connectivity index (χ2n) is 7.01. The highest BCUT2D eigenvalue weighted by Crippen LogP contribution is 2.33. The van der Waals surface area contributed by atoms with Crippen molar-refractivity contribution in [1.82, 2.24) is 4.98 Å². The Morgan fingerprint density at radius 1 is 1.00 bits per heavy atom. The van der Waals surface area contributed by atoms with E-state index in [1.54, 1.807) is 31.5 Å². The highest BCUT2D eigenvalue weighted by atomic mass is 19.1. The van der Waals surface area contributed by atoms with Crippen molar-refractivity contribution < 1.29 is 9.13 Å². The average Bonchev–Trinajstić information content (AvgIpc) is 2.77. The standard InChI is InChI=1S/C26H26FNO/c1-5-6-8-20-10-12-21(13-11-20)18(2)19(3)22-14-15-23(24(27)17-22)26-25(29-4)9-7-16-28-26/h7,9-17H,2-3,5-6,8H2,1,4H3. The van der Waals surface area contributed by atoms with Gasteiger partial charge < -0.3 is 4.74 Å². The van der Waals surface area contributed by atoms with Gasteiger partial charge in [0.1, 0.15) is 17.3 Å². The van der Waals surface area contributed by atoms with Crippen LogP contribution < -0.4 is 4.74 Å². The van der Waals surface area contributed by atoms with E-state index in [-0.39, 0.29) is 5.82 Å². The van der Waals surface area contributed by atoms with Crippen molar-refractivity contribution in [3.8, 4) is 17.0 Å². The summed E-state index contributed by atoms with van der Waals surface area (Å²) in [5.74, 6) is 0.161. The van der Waals surface area contributed by atoms with Crippen molar-refractivity contribution in [2.45, 2.75) is 26.2 Å². The van der Waals surface area contributed by atoms with E-state index in [0.717, 1.165) is 17.6 Å². The summed E-state index contributed by atoms with van der Waals surface area (Å²) in [6, 6.07) is 16.9. The normalized spacial score (nSPS) is 10.6. The first-order chi connectivity index (χ1) is 14.0. The lowest BCUT2D eigenvalue weighted by Gasteiger charge is -2.13. The maximum Gasteiger partial charge on any atom is 0.145 e. The number of halogens is 1. The molecule has 0 N–H and O–H groups in total. The number of hydrogen-bond donors (Lipinski definition) is 0. The van der Waals surface area contributed by atoms with Crippen molar-refractivity contribution in [2.24, 2.45) is 0 Å². The molecule has 3 rings (SSSR count). The number of methoxy groups -OCH3 is 1. The molecule has 0 amide bonds. The zero-order valence-corrected chi connectivity index (χ0v) is 17.0. The Balaban J connectivity index is 1.82. The number of ether oxygens (including phenoxy) is 1. The summed E-state index contributed by atoms with van der Waals surface area (Å²) in [6.45, 7) is 10.5. The molecule has 3 heteroatoms. The molecule has 1 heterocycles. The quantitative estimate of drug-likeness (QED) is 0.390. The van der Waals surface area contributed by atoms with Crippen molar-refractivity contribution in [3.05, 3.63) is 96.5 Å². The number of benzene rings is 2. The Bertz CT molecular complexity index is 1020. The van der Waals surface area contributed by atoms with Gasteiger partial charge in [0.2, 0.25) is 0 Å². The van der Waals surface area contributed by atoms with Crippen LogP contribution in [0, 0.1) is 5.82 Å². The van der Waals surface area contributed by atoms with Crippen molar-refractivity contribution in [3.63, 3.8) is 0 Å². The lowest BCUT2D eigenvalue weighted by molar-refractivity contribution is 0.414. The van der Waals surface area contributed by atoms with E-state index >= 15 is 0 Å². The molecule has 0 atom stereocenters. The van der Waals surface area contributed by atoms with Crippen LogP contribution in [-0.2, 0) is 6.42 Å². The van der Waals surface area contributed by atoms with Gasteiger partial charge >= 0.3 is 0 Å². The molecule has 0 aliphatic carbocycles. The number of aromatic nitrogens is 1. The van der Waals surface area contributed by atoms with Crippen LogP contribution in [0.2, 0.25) is 0 Å². The summed E-state index contributed by atoms with van der Waals surface area (Å²) in [7, 11) is 1.55. The summed E-state index contributed by atoms with van der Waals surface area (Å²) in [5.41, 5.74) is 5.36. The van der Waals surface area contributed by atoms with E-state index in [0.29, 0.717) is 28.1 Å². The minimum absolute atomic E-state index is 0.372. The van der Waals surface area contributed by atoms with Gasteiger partial charge in [-0.1, -0.05) is 56.8 Å². The van der Waals surface area contributed by atoms with Crippen molar-refractivity contribution in [1.29, 1.82) is 0 Å². The zero-order chi connectivity index (χ0) is 20.8. The Labute approximate surface area is 172 Å². The number of hydrogen-bond acceptors (Lipinski definition) is 2. The molecule has 0 aliphatic heterocycles. The van der Waals surface area contributed by atoms with Crippen LogP contribution in [0.15, 0.2) is 74.0 Å². The van der Waals surface area contributed by atoms with Crippen LogP contribution in [0.4, 0.5) is 4.39 Å². The van der Waals surface area contributed by atoms with Crippen LogP contribution in [0.5, 0.6) is 5.75 Å². The second kappa shape index (κ2) is 9.33. The highest BCUT2D eigenvalue weighted by molar-refractivity contribution is 6.03. The molecule has 0 saturated heterocycles. The summed E-state index contributed by atoms with van der Waals surface area (Å²) in [5, 5.41) is 0.